The zero-order valence-electron chi connectivity index (χ0n) is 10.7. The molecule has 0 bridgehead atoms. The topological polar surface area (TPSA) is 15.3 Å². The van der Waals surface area contributed by atoms with Crippen molar-refractivity contribution in [1.29, 1.82) is 0 Å². The fourth-order valence-electron chi connectivity index (χ4n) is 2.79. The smallest absolute Gasteiger partial charge is 0.0502 e. The minimum Gasteiger partial charge on any atom is -0.310 e. The maximum absolute atomic E-state index is 3.68. The zero-order valence-corrected chi connectivity index (χ0v) is 10.7. The lowest BCUT2D eigenvalue weighted by Crippen LogP contribution is -2.42. The second-order valence-corrected chi connectivity index (χ2v) is 5.24. The van der Waals surface area contributed by atoms with Gasteiger partial charge in [-0.05, 0) is 31.6 Å². The Bertz CT molecular complexity index is 358. The summed E-state index contributed by atoms with van der Waals surface area (Å²) < 4.78 is 0. The summed E-state index contributed by atoms with van der Waals surface area (Å²) in [5.74, 6) is 0. The average molecular weight is 218 g/mol. The van der Waals surface area contributed by atoms with Gasteiger partial charge in [0.1, 0.15) is 0 Å². The molecule has 1 aromatic rings. The summed E-state index contributed by atoms with van der Waals surface area (Å²) in [6, 6.07) is 10.4. The van der Waals surface area contributed by atoms with Crippen LogP contribution in [0, 0.1) is 0 Å². The van der Waals surface area contributed by atoms with E-state index < -0.39 is 0 Å². The van der Waals surface area contributed by atoms with E-state index in [4.69, 9.17) is 0 Å². The normalized spacial score (nSPS) is 24.1. The van der Waals surface area contributed by atoms with E-state index in [0.29, 0.717) is 18.1 Å². The van der Waals surface area contributed by atoms with Crippen LogP contribution in [0.3, 0.4) is 0 Å². The number of fused-ring (bicyclic) bond motifs is 1. The van der Waals surface area contributed by atoms with Gasteiger partial charge in [0, 0.05) is 12.1 Å². The lowest BCUT2D eigenvalue weighted by Gasteiger charge is -2.29. The Morgan fingerprint density at radius 1 is 1.25 bits per heavy atom. The van der Waals surface area contributed by atoms with Gasteiger partial charge in [-0.3, -0.25) is 0 Å². The SMILES string of the molecule is CC(C)N[C@@H]1Cc2ccccc2[C@@H]1N(C)C. The third kappa shape index (κ3) is 2.13. The molecular weight excluding hydrogens is 196 g/mol. The number of hydrogen-bond donors (Lipinski definition) is 1. The van der Waals surface area contributed by atoms with Gasteiger partial charge >= 0.3 is 0 Å². The van der Waals surface area contributed by atoms with Crippen molar-refractivity contribution in [2.24, 2.45) is 0 Å². The van der Waals surface area contributed by atoms with Crippen molar-refractivity contribution in [2.45, 2.75) is 38.4 Å². The number of hydrogen-bond acceptors (Lipinski definition) is 2. The third-order valence-electron chi connectivity index (χ3n) is 3.30. The van der Waals surface area contributed by atoms with Gasteiger partial charge in [-0.1, -0.05) is 38.1 Å². The molecule has 88 valence electrons. The maximum Gasteiger partial charge on any atom is 0.0502 e. The molecule has 0 unspecified atom stereocenters. The van der Waals surface area contributed by atoms with Crippen LogP contribution in [0.25, 0.3) is 0 Å². The Balaban J connectivity index is 2.26. The van der Waals surface area contributed by atoms with Crippen LogP contribution in [0.1, 0.15) is 31.0 Å². The lowest BCUT2D eigenvalue weighted by molar-refractivity contribution is 0.238. The zero-order chi connectivity index (χ0) is 11.7. The van der Waals surface area contributed by atoms with Crippen LogP contribution >= 0.6 is 0 Å². The standard InChI is InChI=1S/C14H22N2/c1-10(2)15-13-9-11-7-5-6-8-12(11)14(13)16(3)4/h5-8,10,13-15H,9H2,1-4H3/t13-,14+/m1/s1. The molecule has 0 aromatic heterocycles. The summed E-state index contributed by atoms with van der Waals surface area (Å²) in [5, 5.41) is 3.68. The summed E-state index contributed by atoms with van der Waals surface area (Å²) in [6.45, 7) is 4.44. The predicted molar refractivity (Wildman–Crippen MR) is 68.6 cm³/mol. The van der Waals surface area contributed by atoms with Crippen LogP contribution in [0.5, 0.6) is 0 Å². The Kier molecular flexibility index (Phi) is 3.31. The molecule has 1 aliphatic rings. The van der Waals surface area contributed by atoms with Crippen LogP contribution in [-0.4, -0.2) is 31.1 Å². The molecule has 0 aliphatic heterocycles. The second kappa shape index (κ2) is 4.56. The number of benzene rings is 1. The van der Waals surface area contributed by atoms with E-state index in [0.717, 1.165) is 6.42 Å². The highest BCUT2D eigenvalue weighted by Crippen LogP contribution is 2.34. The first-order chi connectivity index (χ1) is 7.59. The van der Waals surface area contributed by atoms with Crippen LogP contribution in [0.4, 0.5) is 0 Å². The van der Waals surface area contributed by atoms with Gasteiger partial charge < -0.3 is 10.2 Å². The summed E-state index contributed by atoms with van der Waals surface area (Å²) in [7, 11) is 4.34. The second-order valence-electron chi connectivity index (χ2n) is 5.24. The highest BCUT2D eigenvalue weighted by Gasteiger charge is 2.33. The van der Waals surface area contributed by atoms with Gasteiger partial charge in [0.05, 0.1) is 6.04 Å². The first-order valence-electron chi connectivity index (χ1n) is 6.10. The van der Waals surface area contributed by atoms with Gasteiger partial charge in [-0.25, -0.2) is 0 Å². The molecule has 0 fully saturated rings. The Labute approximate surface area is 98.7 Å². The Morgan fingerprint density at radius 2 is 1.94 bits per heavy atom. The highest BCUT2D eigenvalue weighted by molar-refractivity contribution is 5.37. The molecule has 2 atom stereocenters. The van der Waals surface area contributed by atoms with E-state index in [1.807, 2.05) is 0 Å². The van der Waals surface area contributed by atoms with Crippen molar-refractivity contribution in [3.63, 3.8) is 0 Å². The lowest BCUT2D eigenvalue weighted by atomic mass is 10.1. The van der Waals surface area contributed by atoms with E-state index in [-0.39, 0.29) is 0 Å². The maximum atomic E-state index is 3.68. The fraction of sp³-hybridized carbons (Fsp3) is 0.571. The van der Waals surface area contributed by atoms with Crippen molar-refractivity contribution < 1.29 is 0 Å². The molecule has 1 aliphatic carbocycles. The molecular formula is C14H22N2. The minimum atomic E-state index is 0.513. The molecule has 0 spiro atoms. The van der Waals surface area contributed by atoms with Crippen molar-refractivity contribution >= 4 is 0 Å². The van der Waals surface area contributed by atoms with Crippen molar-refractivity contribution in [2.75, 3.05) is 14.1 Å². The van der Waals surface area contributed by atoms with E-state index in [1.54, 1.807) is 0 Å². The van der Waals surface area contributed by atoms with Crippen molar-refractivity contribution in [1.82, 2.24) is 10.2 Å². The molecule has 0 heterocycles. The first-order valence-corrected chi connectivity index (χ1v) is 6.10. The number of likely N-dealkylation sites (N-methyl/N-ethyl adjacent to an activating group) is 1. The van der Waals surface area contributed by atoms with Crippen LogP contribution in [0.2, 0.25) is 0 Å². The average Bonchev–Trinajstić information content (AvgIpc) is 2.53. The molecule has 2 heteroatoms. The molecule has 1 N–H and O–H groups in total. The van der Waals surface area contributed by atoms with Crippen LogP contribution in [0.15, 0.2) is 24.3 Å². The van der Waals surface area contributed by atoms with Gasteiger partial charge in [0.2, 0.25) is 0 Å². The molecule has 0 saturated heterocycles. The quantitative estimate of drug-likeness (QED) is 0.837. The summed E-state index contributed by atoms with van der Waals surface area (Å²) >= 11 is 0. The third-order valence-corrected chi connectivity index (χ3v) is 3.30. The molecule has 1 aromatic carbocycles. The fourth-order valence-corrected chi connectivity index (χ4v) is 2.79. The van der Waals surface area contributed by atoms with Gasteiger partial charge in [0.25, 0.3) is 0 Å². The predicted octanol–water partition coefficient (Wildman–Crippen LogP) is 2.21. The molecule has 16 heavy (non-hydrogen) atoms. The van der Waals surface area contributed by atoms with Gasteiger partial charge in [0.15, 0.2) is 0 Å². The van der Waals surface area contributed by atoms with Gasteiger partial charge in [-0.15, -0.1) is 0 Å². The monoisotopic (exact) mass is 218 g/mol. The van der Waals surface area contributed by atoms with E-state index in [1.165, 1.54) is 11.1 Å². The number of nitrogens with one attached hydrogen (secondary N) is 1. The number of rotatable bonds is 3. The minimum absolute atomic E-state index is 0.513. The largest absolute Gasteiger partial charge is 0.310 e. The summed E-state index contributed by atoms with van der Waals surface area (Å²) in [4.78, 5) is 2.33. The van der Waals surface area contributed by atoms with E-state index in [9.17, 15) is 0 Å². The number of nitrogens with zero attached hydrogens (tertiary/aromatic N) is 1. The first kappa shape index (κ1) is 11.6. The Hall–Kier alpha value is -0.860. The van der Waals surface area contributed by atoms with E-state index >= 15 is 0 Å². The van der Waals surface area contributed by atoms with Gasteiger partial charge in [-0.2, -0.15) is 0 Å². The molecule has 0 amide bonds. The molecule has 2 nitrogen and oxygen atoms in total. The van der Waals surface area contributed by atoms with Crippen molar-refractivity contribution in [3.05, 3.63) is 35.4 Å². The molecule has 0 radical (unpaired) electrons. The summed E-state index contributed by atoms with van der Waals surface area (Å²) in [5.41, 5.74) is 2.99. The van der Waals surface area contributed by atoms with Crippen LogP contribution < -0.4 is 5.32 Å². The Morgan fingerprint density at radius 3 is 2.56 bits per heavy atom. The highest BCUT2D eigenvalue weighted by atomic mass is 15.2. The molecule has 2 rings (SSSR count). The van der Waals surface area contributed by atoms with E-state index in [2.05, 4.69) is 62.4 Å². The van der Waals surface area contributed by atoms with Crippen LogP contribution in [-0.2, 0) is 6.42 Å². The van der Waals surface area contributed by atoms with Crippen molar-refractivity contribution in [3.8, 4) is 0 Å². The molecule has 0 saturated carbocycles. The summed E-state index contributed by atoms with van der Waals surface area (Å²) in [6.07, 6.45) is 1.15.